The predicted octanol–water partition coefficient (Wildman–Crippen LogP) is 3.72. The van der Waals surface area contributed by atoms with Crippen molar-refractivity contribution in [2.75, 3.05) is 5.73 Å². The highest BCUT2D eigenvalue weighted by molar-refractivity contribution is 8.00. The summed E-state index contributed by atoms with van der Waals surface area (Å²) in [6.07, 6.45) is 1.70. The molecule has 3 rings (SSSR count). The van der Waals surface area contributed by atoms with Gasteiger partial charge >= 0.3 is 0 Å². The molecule has 8 heteroatoms. The van der Waals surface area contributed by atoms with Gasteiger partial charge in [0.15, 0.2) is 10.1 Å². The SMILES string of the molecule is Nc1nnc(SCc2ncc(-c3ccc(Cl)cc3)o2)s1. The fraction of sp³-hybridized carbons (Fsp3) is 0.0833. The van der Waals surface area contributed by atoms with E-state index >= 15 is 0 Å². The summed E-state index contributed by atoms with van der Waals surface area (Å²) >= 11 is 8.69. The normalized spacial score (nSPS) is 10.8. The fourth-order valence-electron chi connectivity index (χ4n) is 1.53. The van der Waals surface area contributed by atoms with Crippen LogP contribution in [0.15, 0.2) is 39.2 Å². The van der Waals surface area contributed by atoms with Crippen LogP contribution in [0.3, 0.4) is 0 Å². The summed E-state index contributed by atoms with van der Waals surface area (Å²) in [5.41, 5.74) is 6.46. The van der Waals surface area contributed by atoms with Crippen molar-refractivity contribution in [1.29, 1.82) is 0 Å². The highest BCUT2D eigenvalue weighted by Crippen LogP contribution is 2.28. The molecule has 0 atom stereocenters. The monoisotopic (exact) mass is 324 g/mol. The van der Waals surface area contributed by atoms with Crippen molar-refractivity contribution in [3.05, 3.63) is 41.4 Å². The Labute approximate surface area is 128 Å². The molecule has 5 nitrogen and oxygen atoms in total. The minimum absolute atomic E-state index is 0.460. The van der Waals surface area contributed by atoms with Gasteiger partial charge in [0.1, 0.15) is 0 Å². The van der Waals surface area contributed by atoms with Crippen LogP contribution in [0.2, 0.25) is 5.02 Å². The average molecular weight is 325 g/mol. The smallest absolute Gasteiger partial charge is 0.205 e. The van der Waals surface area contributed by atoms with Gasteiger partial charge in [-0.2, -0.15) is 0 Å². The maximum absolute atomic E-state index is 5.85. The third kappa shape index (κ3) is 3.12. The first kappa shape index (κ1) is 13.4. The van der Waals surface area contributed by atoms with E-state index in [1.54, 1.807) is 6.20 Å². The Hall–Kier alpha value is -1.57. The fourth-order valence-corrected chi connectivity index (χ4v) is 3.14. The number of benzene rings is 1. The van der Waals surface area contributed by atoms with Gasteiger partial charge in [0, 0.05) is 10.6 Å². The molecule has 0 fully saturated rings. The van der Waals surface area contributed by atoms with Crippen LogP contribution in [0.1, 0.15) is 5.89 Å². The summed E-state index contributed by atoms with van der Waals surface area (Å²) in [6, 6.07) is 7.42. The van der Waals surface area contributed by atoms with Gasteiger partial charge in [-0.1, -0.05) is 34.7 Å². The molecule has 0 saturated carbocycles. The molecule has 3 aromatic rings. The van der Waals surface area contributed by atoms with Gasteiger partial charge in [-0.05, 0) is 24.3 Å². The highest BCUT2D eigenvalue weighted by Gasteiger charge is 2.09. The zero-order valence-electron chi connectivity index (χ0n) is 10.1. The second-order valence-electron chi connectivity index (χ2n) is 3.82. The predicted molar refractivity (Wildman–Crippen MR) is 80.8 cm³/mol. The van der Waals surface area contributed by atoms with Gasteiger partial charge < -0.3 is 10.2 Å². The Bertz CT molecular complexity index is 710. The number of halogens is 1. The van der Waals surface area contributed by atoms with Crippen LogP contribution in [0.25, 0.3) is 11.3 Å². The summed E-state index contributed by atoms with van der Waals surface area (Å²) in [5.74, 6) is 1.94. The summed E-state index contributed by atoms with van der Waals surface area (Å²) < 4.78 is 6.49. The number of nitrogens with two attached hydrogens (primary N) is 1. The lowest BCUT2D eigenvalue weighted by Crippen LogP contribution is -1.80. The van der Waals surface area contributed by atoms with Gasteiger partial charge in [0.25, 0.3) is 0 Å². The number of rotatable bonds is 4. The number of hydrogen-bond donors (Lipinski definition) is 1. The van der Waals surface area contributed by atoms with Crippen LogP contribution in [-0.4, -0.2) is 15.2 Å². The Morgan fingerprint density at radius 2 is 2.05 bits per heavy atom. The molecule has 20 heavy (non-hydrogen) atoms. The van der Waals surface area contributed by atoms with Crippen LogP contribution < -0.4 is 5.73 Å². The van der Waals surface area contributed by atoms with E-state index in [9.17, 15) is 0 Å². The lowest BCUT2D eigenvalue weighted by atomic mass is 10.2. The molecule has 0 bridgehead atoms. The first-order chi connectivity index (χ1) is 9.70. The van der Waals surface area contributed by atoms with Crippen molar-refractivity contribution in [2.45, 2.75) is 10.1 Å². The number of nitrogen functional groups attached to an aromatic ring is 1. The standard InChI is InChI=1S/C12H9ClN4OS2/c13-8-3-1-7(2-4-8)9-5-15-10(18-9)6-19-12-17-16-11(14)20-12/h1-5H,6H2,(H2,14,16). The molecular weight excluding hydrogens is 316 g/mol. The zero-order valence-corrected chi connectivity index (χ0v) is 12.5. The summed E-state index contributed by atoms with van der Waals surface area (Å²) in [7, 11) is 0. The number of anilines is 1. The van der Waals surface area contributed by atoms with Crippen molar-refractivity contribution in [3.8, 4) is 11.3 Å². The molecule has 0 spiro atoms. The first-order valence-electron chi connectivity index (χ1n) is 5.63. The topological polar surface area (TPSA) is 77.8 Å². The lowest BCUT2D eigenvalue weighted by molar-refractivity contribution is 0.530. The molecule has 102 valence electrons. The Morgan fingerprint density at radius 3 is 2.75 bits per heavy atom. The molecule has 1 aromatic carbocycles. The van der Waals surface area contributed by atoms with E-state index in [0.717, 1.165) is 9.90 Å². The molecule has 0 unspecified atom stereocenters. The quantitative estimate of drug-likeness (QED) is 0.737. The van der Waals surface area contributed by atoms with Crippen molar-refractivity contribution < 1.29 is 4.42 Å². The van der Waals surface area contributed by atoms with Crippen LogP contribution in [0.5, 0.6) is 0 Å². The van der Waals surface area contributed by atoms with Gasteiger partial charge in [-0.25, -0.2) is 4.98 Å². The van der Waals surface area contributed by atoms with Crippen LogP contribution >= 0.6 is 34.7 Å². The molecule has 2 N–H and O–H groups in total. The van der Waals surface area contributed by atoms with Crippen molar-refractivity contribution in [2.24, 2.45) is 0 Å². The first-order valence-corrected chi connectivity index (χ1v) is 7.81. The highest BCUT2D eigenvalue weighted by atomic mass is 35.5. The van der Waals surface area contributed by atoms with Gasteiger partial charge in [0.2, 0.25) is 11.0 Å². The number of thioether (sulfide) groups is 1. The maximum Gasteiger partial charge on any atom is 0.205 e. The maximum atomic E-state index is 5.85. The second-order valence-corrected chi connectivity index (χ2v) is 6.49. The van der Waals surface area contributed by atoms with E-state index < -0.39 is 0 Å². The molecule has 0 amide bonds. The summed E-state index contributed by atoms with van der Waals surface area (Å²) in [6.45, 7) is 0. The zero-order chi connectivity index (χ0) is 13.9. The van der Waals surface area contributed by atoms with Gasteiger partial charge in [-0.3, -0.25) is 0 Å². The van der Waals surface area contributed by atoms with Crippen molar-refractivity contribution in [1.82, 2.24) is 15.2 Å². The van der Waals surface area contributed by atoms with Gasteiger partial charge in [-0.15, -0.1) is 10.2 Å². The summed E-state index contributed by atoms with van der Waals surface area (Å²) in [4.78, 5) is 4.24. The van der Waals surface area contributed by atoms with Gasteiger partial charge in [0.05, 0.1) is 11.9 Å². The Morgan fingerprint density at radius 1 is 1.25 bits per heavy atom. The number of hydrogen-bond acceptors (Lipinski definition) is 7. The third-order valence-electron chi connectivity index (χ3n) is 2.42. The van der Waals surface area contributed by atoms with Crippen molar-refractivity contribution in [3.63, 3.8) is 0 Å². The largest absolute Gasteiger partial charge is 0.440 e. The lowest BCUT2D eigenvalue weighted by Gasteiger charge is -1.96. The molecule has 2 aromatic heterocycles. The molecule has 0 radical (unpaired) electrons. The van der Waals surface area contributed by atoms with E-state index in [-0.39, 0.29) is 0 Å². The molecule has 0 aliphatic heterocycles. The van der Waals surface area contributed by atoms with Crippen LogP contribution in [-0.2, 0) is 5.75 Å². The molecule has 0 saturated heterocycles. The van der Waals surface area contributed by atoms with Crippen LogP contribution in [0.4, 0.5) is 5.13 Å². The molecule has 2 heterocycles. The van der Waals surface area contributed by atoms with E-state index in [1.807, 2.05) is 24.3 Å². The number of nitrogens with zero attached hydrogens (tertiary/aromatic N) is 3. The molecule has 0 aliphatic carbocycles. The Kier molecular flexibility index (Phi) is 3.90. The van der Waals surface area contributed by atoms with E-state index in [4.69, 9.17) is 21.8 Å². The minimum atomic E-state index is 0.460. The Balaban J connectivity index is 1.69. The third-order valence-corrected chi connectivity index (χ3v) is 4.55. The average Bonchev–Trinajstić information content (AvgIpc) is 3.06. The van der Waals surface area contributed by atoms with E-state index in [0.29, 0.717) is 27.6 Å². The number of oxazole rings is 1. The van der Waals surface area contributed by atoms with Crippen molar-refractivity contribution >= 4 is 39.8 Å². The van der Waals surface area contributed by atoms with E-state index in [2.05, 4.69) is 15.2 Å². The molecule has 0 aliphatic rings. The van der Waals surface area contributed by atoms with Crippen LogP contribution in [0, 0.1) is 0 Å². The summed E-state index contributed by atoms with van der Waals surface area (Å²) in [5, 5.41) is 8.83. The number of aromatic nitrogens is 3. The van der Waals surface area contributed by atoms with E-state index in [1.165, 1.54) is 23.1 Å². The minimum Gasteiger partial charge on any atom is -0.440 e. The second kappa shape index (κ2) is 5.82. The molecular formula is C12H9ClN4OS2.